The van der Waals surface area contributed by atoms with Crippen LogP contribution in [0.2, 0.25) is 0 Å². The quantitative estimate of drug-likeness (QED) is 0.780. The number of aryl methyl sites for hydroxylation is 2. The van der Waals surface area contributed by atoms with Gasteiger partial charge in [0, 0.05) is 39.0 Å². The zero-order chi connectivity index (χ0) is 20.3. The van der Waals surface area contributed by atoms with Crippen molar-refractivity contribution in [1.29, 1.82) is 0 Å². The fourth-order valence-electron chi connectivity index (χ4n) is 4.79. The van der Waals surface area contributed by atoms with Gasteiger partial charge in [0.15, 0.2) is 5.79 Å². The van der Waals surface area contributed by atoms with E-state index in [-0.39, 0.29) is 11.7 Å². The molecule has 0 saturated carbocycles. The molecule has 0 atom stereocenters. The zero-order valence-electron chi connectivity index (χ0n) is 17.9. The van der Waals surface area contributed by atoms with Crippen molar-refractivity contribution in [2.75, 3.05) is 45.9 Å². The molecule has 1 amide bonds. The van der Waals surface area contributed by atoms with Gasteiger partial charge in [-0.1, -0.05) is 30.4 Å². The summed E-state index contributed by atoms with van der Waals surface area (Å²) in [5.41, 5.74) is 3.99. The van der Waals surface area contributed by atoms with Crippen molar-refractivity contribution in [2.45, 2.75) is 45.3 Å². The Kier molecular flexibility index (Phi) is 6.38. The average molecular weight is 399 g/mol. The largest absolute Gasteiger partial charge is 0.347 e. The molecule has 29 heavy (non-hydrogen) atoms. The van der Waals surface area contributed by atoms with Crippen molar-refractivity contribution in [3.8, 4) is 0 Å². The van der Waals surface area contributed by atoms with Gasteiger partial charge in [0.25, 0.3) is 0 Å². The minimum atomic E-state index is -0.361. The Balaban J connectivity index is 1.22. The summed E-state index contributed by atoms with van der Waals surface area (Å²) in [5.74, 6) is 0.468. The number of hydrogen-bond donors (Lipinski definition) is 0. The molecule has 3 saturated heterocycles. The molecule has 0 aromatic heterocycles. The summed E-state index contributed by atoms with van der Waals surface area (Å²) in [5, 5.41) is 0. The number of benzene rings is 1. The first kappa shape index (κ1) is 20.6. The van der Waals surface area contributed by atoms with Gasteiger partial charge in [-0.25, -0.2) is 0 Å². The standard InChI is InChI=1S/C24H34N2O3/c1-19-4-3-5-20(2)22(19)7-6-21-8-12-26(13-9-21)23(27)18-25-14-10-24(11-15-25)28-16-17-29-24/h3-7,21H,8-18H2,1-2H3/b7-6+. The Hall–Kier alpha value is -1.69. The van der Waals surface area contributed by atoms with E-state index < -0.39 is 0 Å². The highest BCUT2D eigenvalue weighted by Crippen LogP contribution is 2.31. The Morgan fingerprint density at radius 3 is 2.31 bits per heavy atom. The third kappa shape index (κ3) is 4.90. The van der Waals surface area contributed by atoms with Crippen molar-refractivity contribution in [3.63, 3.8) is 0 Å². The van der Waals surface area contributed by atoms with Crippen molar-refractivity contribution in [2.24, 2.45) is 5.92 Å². The third-order valence-electron chi connectivity index (χ3n) is 6.76. The van der Waals surface area contributed by atoms with Gasteiger partial charge in [-0.05, 0) is 49.3 Å². The number of ether oxygens (including phenoxy) is 2. The molecule has 0 unspecified atom stereocenters. The maximum absolute atomic E-state index is 12.8. The monoisotopic (exact) mass is 398 g/mol. The second-order valence-corrected chi connectivity index (χ2v) is 8.77. The van der Waals surface area contributed by atoms with Crippen LogP contribution < -0.4 is 0 Å². The lowest BCUT2D eigenvalue weighted by atomic mass is 9.94. The molecule has 3 fully saturated rings. The van der Waals surface area contributed by atoms with E-state index in [9.17, 15) is 4.79 Å². The van der Waals surface area contributed by atoms with Crippen LogP contribution in [0.25, 0.3) is 6.08 Å². The second-order valence-electron chi connectivity index (χ2n) is 8.77. The van der Waals surface area contributed by atoms with E-state index in [1.165, 1.54) is 16.7 Å². The Bertz CT molecular complexity index is 716. The highest BCUT2D eigenvalue weighted by Gasteiger charge is 2.40. The van der Waals surface area contributed by atoms with Crippen LogP contribution in [-0.4, -0.2) is 67.4 Å². The lowest BCUT2D eigenvalue weighted by Gasteiger charge is -2.38. The number of rotatable bonds is 4. The summed E-state index contributed by atoms with van der Waals surface area (Å²) < 4.78 is 11.6. The number of allylic oxidation sites excluding steroid dienone is 1. The molecule has 0 aliphatic carbocycles. The van der Waals surface area contributed by atoms with E-state index >= 15 is 0 Å². The number of hydrogen-bond acceptors (Lipinski definition) is 4. The normalized spacial score (nSPS) is 23.3. The summed E-state index contributed by atoms with van der Waals surface area (Å²) >= 11 is 0. The van der Waals surface area contributed by atoms with Gasteiger partial charge >= 0.3 is 0 Å². The first-order valence-corrected chi connectivity index (χ1v) is 11.1. The number of likely N-dealkylation sites (tertiary alicyclic amines) is 2. The molecule has 1 aromatic rings. The molecule has 0 radical (unpaired) electrons. The number of nitrogens with zero attached hydrogens (tertiary/aromatic N) is 2. The van der Waals surface area contributed by atoms with Gasteiger partial charge < -0.3 is 14.4 Å². The van der Waals surface area contributed by atoms with Crippen LogP contribution in [0.5, 0.6) is 0 Å². The smallest absolute Gasteiger partial charge is 0.236 e. The Labute approximate surface area is 174 Å². The van der Waals surface area contributed by atoms with Gasteiger partial charge in [0.2, 0.25) is 5.91 Å². The summed E-state index contributed by atoms with van der Waals surface area (Å²) in [4.78, 5) is 17.1. The predicted octanol–water partition coefficient (Wildman–Crippen LogP) is 3.39. The summed E-state index contributed by atoms with van der Waals surface area (Å²) in [6.07, 6.45) is 8.47. The molecule has 3 aliphatic rings. The van der Waals surface area contributed by atoms with E-state index in [1.54, 1.807) is 0 Å². The molecular weight excluding hydrogens is 364 g/mol. The molecule has 4 rings (SSSR count). The van der Waals surface area contributed by atoms with Gasteiger partial charge in [0.05, 0.1) is 19.8 Å². The molecule has 0 N–H and O–H groups in total. The third-order valence-corrected chi connectivity index (χ3v) is 6.76. The van der Waals surface area contributed by atoms with E-state index in [0.29, 0.717) is 25.7 Å². The molecule has 1 spiro atoms. The second kappa shape index (κ2) is 8.99. The van der Waals surface area contributed by atoms with Gasteiger partial charge in [-0.2, -0.15) is 0 Å². The number of carbonyl (C=O) groups is 1. The van der Waals surface area contributed by atoms with Crippen LogP contribution in [0.3, 0.4) is 0 Å². The molecule has 158 valence electrons. The van der Waals surface area contributed by atoms with E-state index in [0.717, 1.165) is 51.9 Å². The van der Waals surface area contributed by atoms with Gasteiger partial charge in [-0.3, -0.25) is 9.69 Å². The molecule has 1 aromatic carbocycles. The van der Waals surface area contributed by atoms with Crippen LogP contribution >= 0.6 is 0 Å². The highest BCUT2D eigenvalue weighted by atomic mass is 16.7. The number of piperidine rings is 2. The van der Waals surface area contributed by atoms with Crippen molar-refractivity contribution in [3.05, 3.63) is 41.0 Å². The van der Waals surface area contributed by atoms with Gasteiger partial charge in [0.1, 0.15) is 0 Å². The van der Waals surface area contributed by atoms with E-state index in [2.05, 4.69) is 54.0 Å². The summed E-state index contributed by atoms with van der Waals surface area (Å²) in [6.45, 7) is 9.75. The molecule has 3 heterocycles. The fourth-order valence-corrected chi connectivity index (χ4v) is 4.79. The topological polar surface area (TPSA) is 42.0 Å². The average Bonchev–Trinajstić information content (AvgIpc) is 3.18. The Morgan fingerprint density at radius 1 is 1.07 bits per heavy atom. The maximum Gasteiger partial charge on any atom is 0.236 e. The lowest BCUT2D eigenvalue weighted by Crippen LogP contribution is -2.49. The van der Waals surface area contributed by atoms with Crippen LogP contribution in [0.15, 0.2) is 24.3 Å². The molecule has 0 bridgehead atoms. The van der Waals surface area contributed by atoms with Crippen LogP contribution in [0, 0.1) is 19.8 Å². The molecule has 5 heteroatoms. The first-order valence-electron chi connectivity index (χ1n) is 11.1. The molecular formula is C24H34N2O3. The van der Waals surface area contributed by atoms with Gasteiger partial charge in [-0.15, -0.1) is 0 Å². The zero-order valence-corrected chi connectivity index (χ0v) is 17.9. The summed E-state index contributed by atoms with van der Waals surface area (Å²) in [6, 6.07) is 6.45. The minimum absolute atomic E-state index is 0.270. The van der Waals surface area contributed by atoms with Crippen molar-refractivity contribution >= 4 is 12.0 Å². The minimum Gasteiger partial charge on any atom is -0.347 e. The Morgan fingerprint density at radius 2 is 1.69 bits per heavy atom. The lowest BCUT2D eigenvalue weighted by molar-refractivity contribution is -0.186. The van der Waals surface area contributed by atoms with E-state index in [4.69, 9.17) is 9.47 Å². The molecule has 3 aliphatic heterocycles. The predicted molar refractivity (Wildman–Crippen MR) is 115 cm³/mol. The summed E-state index contributed by atoms with van der Waals surface area (Å²) in [7, 11) is 0. The van der Waals surface area contributed by atoms with E-state index in [1.807, 2.05) is 0 Å². The highest BCUT2D eigenvalue weighted by molar-refractivity contribution is 5.78. The number of carbonyl (C=O) groups excluding carboxylic acids is 1. The molecule has 5 nitrogen and oxygen atoms in total. The SMILES string of the molecule is Cc1cccc(C)c1/C=C/C1CCN(C(=O)CN2CCC3(CC2)OCCO3)CC1. The maximum atomic E-state index is 12.8. The first-order chi connectivity index (χ1) is 14.0. The van der Waals surface area contributed by atoms with Crippen molar-refractivity contribution in [1.82, 2.24) is 9.80 Å². The fraction of sp³-hybridized carbons (Fsp3) is 0.625. The van der Waals surface area contributed by atoms with Crippen LogP contribution in [0.1, 0.15) is 42.4 Å². The van der Waals surface area contributed by atoms with Crippen molar-refractivity contribution < 1.29 is 14.3 Å². The number of amides is 1. The van der Waals surface area contributed by atoms with Crippen LogP contribution in [0.4, 0.5) is 0 Å². The van der Waals surface area contributed by atoms with Crippen LogP contribution in [-0.2, 0) is 14.3 Å².